The van der Waals surface area contributed by atoms with Crippen LogP contribution in [0.1, 0.15) is 31.1 Å². The predicted molar refractivity (Wildman–Crippen MR) is 65.4 cm³/mol. The fourth-order valence-corrected chi connectivity index (χ4v) is 1.09. The van der Waals surface area contributed by atoms with Crippen LogP contribution in [0.2, 0.25) is 0 Å². The second kappa shape index (κ2) is 6.62. The predicted octanol–water partition coefficient (Wildman–Crippen LogP) is 1.92. The summed E-state index contributed by atoms with van der Waals surface area (Å²) in [4.78, 5) is 13.0. The fourth-order valence-electron chi connectivity index (χ4n) is 1.09. The molecule has 0 bridgehead atoms. The number of hydrogen-bond donors (Lipinski definition) is 3. The van der Waals surface area contributed by atoms with E-state index >= 15 is 0 Å². The van der Waals surface area contributed by atoms with Crippen LogP contribution in [0.15, 0.2) is 12.1 Å². The number of rotatable bonds is 2. The maximum atomic E-state index is 11.6. The molecule has 17 heavy (non-hydrogen) atoms. The number of aromatic hydroxyl groups is 3. The summed E-state index contributed by atoms with van der Waals surface area (Å²) in [6.45, 7) is 6.32. The summed E-state index contributed by atoms with van der Waals surface area (Å²) in [6.07, 6.45) is 0. The summed E-state index contributed by atoms with van der Waals surface area (Å²) in [5, 5.41) is 27.5. The van der Waals surface area contributed by atoms with Crippen LogP contribution in [-0.4, -0.2) is 39.7 Å². The van der Waals surface area contributed by atoms with Gasteiger partial charge in [-0.3, -0.25) is 4.79 Å². The zero-order valence-electron chi connectivity index (χ0n) is 10.6. The molecule has 0 radical (unpaired) electrons. The molecule has 3 N–H and O–H groups in total. The minimum atomic E-state index is -0.620. The quantitative estimate of drug-likeness (QED) is 0.691. The maximum Gasteiger partial charge on any atom is 0.253 e. The molecule has 0 spiro atoms. The average molecular weight is 241 g/mol. The first-order valence-electron chi connectivity index (χ1n) is 5.47. The van der Waals surface area contributed by atoms with E-state index in [4.69, 9.17) is 5.11 Å². The molecular formula is C12H19NO4. The van der Waals surface area contributed by atoms with Crippen LogP contribution in [-0.2, 0) is 0 Å². The Kier molecular flexibility index (Phi) is 5.88. The molecule has 0 atom stereocenters. The second-order valence-electron chi connectivity index (χ2n) is 3.18. The lowest BCUT2D eigenvalue weighted by molar-refractivity contribution is 0.0801. The molecular weight excluding hydrogens is 222 g/mol. The van der Waals surface area contributed by atoms with Crippen molar-refractivity contribution < 1.29 is 20.1 Å². The van der Waals surface area contributed by atoms with Crippen molar-refractivity contribution in [2.24, 2.45) is 0 Å². The van der Waals surface area contributed by atoms with E-state index in [0.29, 0.717) is 6.54 Å². The molecule has 0 heterocycles. The highest BCUT2D eigenvalue weighted by molar-refractivity contribution is 5.95. The van der Waals surface area contributed by atoms with Crippen molar-refractivity contribution in [2.75, 3.05) is 13.6 Å². The normalized spacial score (nSPS) is 9.18. The summed E-state index contributed by atoms with van der Waals surface area (Å²) in [5.41, 5.74) is 0.132. The molecule has 0 aliphatic heterocycles. The van der Waals surface area contributed by atoms with Gasteiger partial charge in [-0.1, -0.05) is 13.8 Å². The Morgan fingerprint density at radius 3 is 1.94 bits per heavy atom. The number of nitrogens with zero attached hydrogens (tertiary/aromatic N) is 1. The summed E-state index contributed by atoms with van der Waals surface area (Å²) >= 11 is 0. The van der Waals surface area contributed by atoms with Crippen LogP contribution in [0.3, 0.4) is 0 Å². The molecule has 0 saturated carbocycles. The number of phenols is 3. The van der Waals surface area contributed by atoms with Crippen molar-refractivity contribution in [3.05, 3.63) is 17.7 Å². The topological polar surface area (TPSA) is 81.0 Å². The van der Waals surface area contributed by atoms with E-state index in [-0.39, 0.29) is 11.5 Å². The molecule has 0 unspecified atom stereocenters. The minimum absolute atomic E-state index is 0.132. The third-order valence-electron chi connectivity index (χ3n) is 2.14. The summed E-state index contributed by atoms with van der Waals surface area (Å²) < 4.78 is 0. The lowest BCUT2D eigenvalue weighted by atomic mass is 10.1. The largest absolute Gasteiger partial charge is 0.504 e. The van der Waals surface area contributed by atoms with Crippen LogP contribution in [0.5, 0.6) is 17.2 Å². The number of amides is 1. The third-order valence-corrected chi connectivity index (χ3v) is 2.14. The smallest absolute Gasteiger partial charge is 0.253 e. The van der Waals surface area contributed by atoms with Gasteiger partial charge >= 0.3 is 0 Å². The lowest BCUT2D eigenvalue weighted by Gasteiger charge is -2.14. The number of benzene rings is 1. The zero-order valence-corrected chi connectivity index (χ0v) is 10.6. The standard InChI is InChI=1S/C10H13NO4.C2H6/c1-3-11(2)10(15)6-4-7(12)9(14)8(13)5-6;1-2/h4-5,12-14H,3H2,1-2H3;1-2H3. The van der Waals surface area contributed by atoms with Gasteiger partial charge in [0.15, 0.2) is 17.2 Å². The number of carbonyl (C=O) groups is 1. The summed E-state index contributed by atoms with van der Waals surface area (Å²) in [6, 6.07) is 2.23. The van der Waals surface area contributed by atoms with Gasteiger partial charge in [-0.15, -0.1) is 0 Å². The molecule has 96 valence electrons. The van der Waals surface area contributed by atoms with E-state index in [1.54, 1.807) is 14.0 Å². The number of hydrogen-bond acceptors (Lipinski definition) is 4. The van der Waals surface area contributed by atoms with Crippen molar-refractivity contribution in [3.8, 4) is 17.2 Å². The highest BCUT2D eigenvalue weighted by Crippen LogP contribution is 2.35. The van der Waals surface area contributed by atoms with E-state index in [9.17, 15) is 15.0 Å². The van der Waals surface area contributed by atoms with Crippen molar-refractivity contribution in [3.63, 3.8) is 0 Å². The molecule has 0 saturated heterocycles. The van der Waals surface area contributed by atoms with E-state index in [1.807, 2.05) is 13.8 Å². The van der Waals surface area contributed by atoms with Gasteiger partial charge in [-0.2, -0.15) is 0 Å². The Balaban J connectivity index is 0.00000121. The second-order valence-corrected chi connectivity index (χ2v) is 3.18. The van der Waals surface area contributed by atoms with Crippen LogP contribution < -0.4 is 0 Å². The van der Waals surface area contributed by atoms with Gasteiger partial charge in [0, 0.05) is 19.2 Å². The Hall–Kier alpha value is -1.91. The fraction of sp³-hybridized carbons (Fsp3) is 0.417. The molecule has 0 aliphatic carbocycles. The lowest BCUT2D eigenvalue weighted by Crippen LogP contribution is -2.26. The van der Waals surface area contributed by atoms with Crippen molar-refractivity contribution >= 4 is 5.91 Å². The Labute approximate surface area is 101 Å². The Bertz CT molecular complexity index is 367. The van der Waals surface area contributed by atoms with E-state index < -0.39 is 17.2 Å². The molecule has 1 rings (SSSR count). The number of phenolic OH excluding ortho intramolecular Hbond substituents is 3. The highest BCUT2D eigenvalue weighted by Gasteiger charge is 2.15. The monoisotopic (exact) mass is 241 g/mol. The number of carbonyl (C=O) groups excluding carboxylic acids is 1. The van der Waals surface area contributed by atoms with Crippen molar-refractivity contribution in [2.45, 2.75) is 20.8 Å². The van der Waals surface area contributed by atoms with Crippen LogP contribution in [0.4, 0.5) is 0 Å². The van der Waals surface area contributed by atoms with Crippen LogP contribution >= 0.6 is 0 Å². The van der Waals surface area contributed by atoms with Gasteiger partial charge in [-0.05, 0) is 19.1 Å². The van der Waals surface area contributed by atoms with E-state index in [2.05, 4.69) is 0 Å². The van der Waals surface area contributed by atoms with Gasteiger partial charge in [0.2, 0.25) is 0 Å². The molecule has 0 fully saturated rings. The van der Waals surface area contributed by atoms with Gasteiger partial charge in [-0.25, -0.2) is 0 Å². The van der Waals surface area contributed by atoms with Crippen LogP contribution in [0, 0.1) is 0 Å². The first-order valence-corrected chi connectivity index (χ1v) is 5.47. The molecule has 5 nitrogen and oxygen atoms in total. The molecule has 5 heteroatoms. The Morgan fingerprint density at radius 1 is 1.18 bits per heavy atom. The van der Waals surface area contributed by atoms with Gasteiger partial charge in [0.1, 0.15) is 0 Å². The molecule has 0 aromatic heterocycles. The molecule has 0 aliphatic rings. The maximum absolute atomic E-state index is 11.6. The molecule has 1 aromatic rings. The van der Waals surface area contributed by atoms with E-state index in [0.717, 1.165) is 12.1 Å². The van der Waals surface area contributed by atoms with Gasteiger partial charge in [0.25, 0.3) is 5.91 Å². The zero-order chi connectivity index (χ0) is 13.6. The molecule has 1 amide bonds. The highest BCUT2D eigenvalue weighted by atomic mass is 16.3. The van der Waals surface area contributed by atoms with Gasteiger partial charge < -0.3 is 20.2 Å². The van der Waals surface area contributed by atoms with E-state index in [1.165, 1.54) is 4.90 Å². The minimum Gasteiger partial charge on any atom is -0.504 e. The first kappa shape index (κ1) is 15.1. The Morgan fingerprint density at radius 2 is 1.59 bits per heavy atom. The SMILES string of the molecule is CC.CCN(C)C(=O)c1cc(O)c(O)c(O)c1. The van der Waals surface area contributed by atoms with Crippen molar-refractivity contribution in [1.29, 1.82) is 0 Å². The first-order chi connectivity index (χ1) is 7.97. The third kappa shape index (κ3) is 3.55. The van der Waals surface area contributed by atoms with Crippen molar-refractivity contribution in [1.82, 2.24) is 4.90 Å². The summed E-state index contributed by atoms with van der Waals surface area (Å²) in [7, 11) is 1.60. The average Bonchev–Trinajstić information content (AvgIpc) is 2.35. The summed E-state index contributed by atoms with van der Waals surface area (Å²) in [5.74, 6) is -1.97. The van der Waals surface area contributed by atoms with Crippen LogP contribution in [0.25, 0.3) is 0 Å². The molecule has 1 aromatic carbocycles. The van der Waals surface area contributed by atoms with Gasteiger partial charge in [0.05, 0.1) is 0 Å².